The molecule has 0 aromatic heterocycles. The van der Waals surface area contributed by atoms with E-state index in [0.717, 1.165) is 24.3 Å². The van der Waals surface area contributed by atoms with Gasteiger partial charge in [-0.3, -0.25) is 4.79 Å². The van der Waals surface area contributed by atoms with Crippen LogP contribution in [0.2, 0.25) is 0 Å². The first-order valence-corrected chi connectivity index (χ1v) is 4.46. The van der Waals surface area contributed by atoms with Crippen molar-refractivity contribution in [2.75, 3.05) is 0 Å². The highest BCUT2D eigenvalue weighted by atomic mass is 19.4. The molecule has 86 valence electrons. The number of carbonyl (C=O) groups excluding carboxylic acids is 1. The molecule has 0 amide bonds. The van der Waals surface area contributed by atoms with E-state index in [2.05, 4.69) is 0 Å². The van der Waals surface area contributed by atoms with Gasteiger partial charge in [-0.05, 0) is 19.1 Å². The smallest absolute Gasteiger partial charge is 0.402 e. The molecule has 0 heterocycles. The SMILES string of the molecule is C/C(N)=C\C(=O)c1ccc(C(F)(F)F)cc1. The first-order valence-electron chi connectivity index (χ1n) is 4.46. The van der Waals surface area contributed by atoms with E-state index >= 15 is 0 Å². The topological polar surface area (TPSA) is 43.1 Å². The average Bonchev–Trinajstić information content (AvgIpc) is 2.15. The zero-order chi connectivity index (χ0) is 12.3. The maximum Gasteiger partial charge on any atom is 0.416 e. The number of benzene rings is 1. The number of carbonyl (C=O) groups is 1. The number of alkyl halides is 3. The summed E-state index contributed by atoms with van der Waals surface area (Å²) in [5.74, 6) is -0.409. The van der Waals surface area contributed by atoms with E-state index in [1.807, 2.05) is 0 Å². The maximum absolute atomic E-state index is 12.2. The molecule has 0 bridgehead atoms. The quantitative estimate of drug-likeness (QED) is 0.626. The summed E-state index contributed by atoms with van der Waals surface area (Å²) in [6, 6.07) is 4.00. The fourth-order valence-electron chi connectivity index (χ4n) is 1.11. The van der Waals surface area contributed by atoms with E-state index in [4.69, 9.17) is 5.73 Å². The highest BCUT2D eigenvalue weighted by Gasteiger charge is 2.30. The van der Waals surface area contributed by atoms with Crippen molar-refractivity contribution in [1.82, 2.24) is 0 Å². The minimum absolute atomic E-state index is 0.179. The summed E-state index contributed by atoms with van der Waals surface area (Å²) in [5.41, 5.74) is 5.00. The fraction of sp³-hybridized carbons (Fsp3) is 0.182. The summed E-state index contributed by atoms with van der Waals surface area (Å²) in [7, 11) is 0. The van der Waals surface area contributed by atoms with Crippen molar-refractivity contribution < 1.29 is 18.0 Å². The molecule has 0 radical (unpaired) electrons. The van der Waals surface area contributed by atoms with Crippen LogP contribution in [-0.2, 0) is 6.18 Å². The van der Waals surface area contributed by atoms with E-state index in [1.165, 1.54) is 13.0 Å². The molecule has 16 heavy (non-hydrogen) atoms. The molecule has 1 aromatic rings. The molecule has 2 nitrogen and oxygen atoms in total. The zero-order valence-corrected chi connectivity index (χ0v) is 8.51. The number of hydrogen-bond donors (Lipinski definition) is 1. The second kappa shape index (κ2) is 4.38. The van der Waals surface area contributed by atoms with Crippen LogP contribution in [0.5, 0.6) is 0 Å². The van der Waals surface area contributed by atoms with Gasteiger partial charge in [0.1, 0.15) is 0 Å². The second-order valence-electron chi connectivity index (χ2n) is 3.33. The van der Waals surface area contributed by atoms with Gasteiger partial charge in [-0.2, -0.15) is 13.2 Å². The molecule has 0 saturated heterocycles. The van der Waals surface area contributed by atoms with E-state index in [-0.39, 0.29) is 5.56 Å². The van der Waals surface area contributed by atoms with Crippen molar-refractivity contribution in [2.24, 2.45) is 5.73 Å². The van der Waals surface area contributed by atoms with E-state index in [1.54, 1.807) is 0 Å². The van der Waals surface area contributed by atoms with Gasteiger partial charge in [0.05, 0.1) is 5.56 Å². The molecule has 1 rings (SSSR count). The number of hydrogen-bond acceptors (Lipinski definition) is 2. The maximum atomic E-state index is 12.2. The van der Waals surface area contributed by atoms with Crippen molar-refractivity contribution in [3.05, 3.63) is 47.2 Å². The Kier molecular flexibility index (Phi) is 3.37. The lowest BCUT2D eigenvalue weighted by molar-refractivity contribution is -0.137. The van der Waals surface area contributed by atoms with Crippen LogP contribution in [0, 0.1) is 0 Å². The molecule has 2 N–H and O–H groups in total. The van der Waals surface area contributed by atoms with Crippen molar-refractivity contribution in [3.63, 3.8) is 0 Å². The predicted molar refractivity (Wildman–Crippen MR) is 53.7 cm³/mol. The third-order valence-electron chi connectivity index (χ3n) is 1.86. The van der Waals surface area contributed by atoms with Gasteiger partial charge in [0.15, 0.2) is 5.78 Å². The van der Waals surface area contributed by atoms with Gasteiger partial charge in [-0.1, -0.05) is 12.1 Å². The Balaban J connectivity index is 2.96. The molecular formula is C11H10F3NO. The molecule has 0 spiro atoms. The summed E-state index contributed by atoms with van der Waals surface area (Å²) >= 11 is 0. The van der Waals surface area contributed by atoms with Gasteiger partial charge < -0.3 is 5.73 Å². The van der Waals surface area contributed by atoms with Gasteiger partial charge >= 0.3 is 6.18 Å². The molecule has 0 aliphatic rings. The molecule has 0 aliphatic carbocycles. The van der Waals surface area contributed by atoms with Crippen LogP contribution in [0.4, 0.5) is 13.2 Å². The van der Waals surface area contributed by atoms with Gasteiger partial charge in [-0.15, -0.1) is 0 Å². The molecule has 0 saturated carbocycles. The zero-order valence-electron chi connectivity index (χ0n) is 8.51. The largest absolute Gasteiger partial charge is 0.416 e. The van der Waals surface area contributed by atoms with Crippen molar-refractivity contribution in [1.29, 1.82) is 0 Å². The molecular weight excluding hydrogens is 219 g/mol. The fourth-order valence-corrected chi connectivity index (χ4v) is 1.11. The lowest BCUT2D eigenvalue weighted by Gasteiger charge is -2.06. The third kappa shape index (κ3) is 3.12. The molecule has 1 aromatic carbocycles. The Labute approximate surface area is 90.6 Å². The Morgan fingerprint density at radius 3 is 2.12 bits per heavy atom. The molecule has 0 fully saturated rings. The summed E-state index contributed by atoms with van der Waals surface area (Å²) in [5, 5.41) is 0. The van der Waals surface area contributed by atoms with Crippen molar-refractivity contribution in [2.45, 2.75) is 13.1 Å². The Morgan fingerprint density at radius 1 is 1.25 bits per heavy atom. The molecule has 0 atom stereocenters. The van der Waals surface area contributed by atoms with Crippen LogP contribution in [0.3, 0.4) is 0 Å². The average molecular weight is 229 g/mol. The van der Waals surface area contributed by atoms with E-state index < -0.39 is 17.5 Å². The van der Waals surface area contributed by atoms with Gasteiger partial charge in [0.2, 0.25) is 0 Å². The van der Waals surface area contributed by atoms with Crippen LogP contribution in [0.1, 0.15) is 22.8 Å². The second-order valence-corrected chi connectivity index (χ2v) is 3.33. The number of rotatable bonds is 2. The molecule has 5 heteroatoms. The summed E-state index contributed by atoms with van der Waals surface area (Å²) < 4.78 is 36.6. The lowest BCUT2D eigenvalue weighted by atomic mass is 10.1. The number of allylic oxidation sites excluding steroid dienone is 2. The predicted octanol–water partition coefficient (Wildman–Crippen LogP) is 2.75. The van der Waals surface area contributed by atoms with Crippen molar-refractivity contribution >= 4 is 5.78 Å². The van der Waals surface area contributed by atoms with Crippen LogP contribution < -0.4 is 5.73 Å². The highest BCUT2D eigenvalue weighted by molar-refractivity contribution is 6.04. The van der Waals surface area contributed by atoms with E-state index in [9.17, 15) is 18.0 Å². The Bertz CT molecular complexity index is 414. The first kappa shape index (κ1) is 12.3. The summed E-state index contributed by atoms with van der Waals surface area (Å²) in [4.78, 5) is 11.4. The third-order valence-corrected chi connectivity index (χ3v) is 1.86. The first-order chi connectivity index (χ1) is 7.30. The van der Waals surface area contributed by atoms with Gasteiger partial charge in [0, 0.05) is 17.3 Å². The van der Waals surface area contributed by atoms with Crippen molar-refractivity contribution in [3.8, 4) is 0 Å². The van der Waals surface area contributed by atoms with Gasteiger partial charge in [-0.25, -0.2) is 0 Å². The number of ketones is 1. The molecule has 0 unspecified atom stereocenters. The van der Waals surface area contributed by atoms with Gasteiger partial charge in [0.25, 0.3) is 0 Å². The standard InChI is InChI=1S/C11H10F3NO/c1-7(15)6-10(16)8-2-4-9(5-3-8)11(12,13)14/h2-6H,15H2,1H3/b7-6+. The summed E-state index contributed by atoms with van der Waals surface area (Å²) in [6.45, 7) is 1.53. The van der Waals surface area contributed by atoms with E-state index in [0.29, 0.717) is 5.70 Å². The highest BCUT2D eigenvalue weighted by Crippen LogP contribution is 2.29. The number of nitrogens with two attached hydrogens (primary N) is 1. The van der Waals surface area contributed by atoms with Crippen LogP contribution >= 0.6 is 0 Å². The van der Waals surface area contributed by atoms with Crippen LogP contribution in [0.25, 0.3) is 0 Å². The monoisotopic (exact) mass is 229 g/mol. The Hall–Kier alpha value is -1.78. The Morgan fingerprint density at radius 2 is 1.75 bits per heavy atom. The minimum atomic E-state index is -4.39. The molecule has 0 aliphatic heterocycles. The number of halogens is 3. The van der Waals surface area contributed by atoms with Crippen LogP contribution in [0.15, 0.2) is 36.0 Å². The summed E-state index contributed by atoms with van der Waals surface area (Å²) in [6.07, 6.45) is -3.22. The minimum Gasteiger partial charge on any atom is -0.402 e. The van der Waals surface area contributed by atoms with Crippen LogP contribution in [-0.4, -0.2) is 5.78 Å². The lowest BCUT2D eigenvalue weighted by Crippen LogP contribution is -2.06. The normalized spacial score (nSPS) is 12.6.